The third-order valence-electron chi connectivity index (χ3n) is 7.62. The molecule has 0 saturated carbocycles. The van der Waals surface area contributed by atoms with E-state index < -0.39 is 10.8 Å². The van der Waals surface area contributed by atoms with Crippen LogP contribution in [0.3, 0.4) is 0 Å². The van der Waals surface area contributed by atoms with Crippen molar-refractivity contribution in [3.63, 3.8) is 0 Å². The highest BCUT2D eigenvalue weighted by molar-refractivity contribution is 6.33. The van der Waals surface area contributed by atoms with Crippen LogP contribution in [0.15, 0.2) is 60.7 Å². The predicted octanol–water partition coefficient (Wildman–Crippen LogP) is 8.64. The Hall–Kier alpha value is -3.19. The van der Waals surface area contributed by atoms with E-state index in [2.05, 4.69) is 17.2 Å². The topological polar surface area (TPSA) is 78.3 Å². The number of carbonyl (C=O) groups excluding carboxylic acids is 1. The number of imidazole rings is 1. The summed E-state index contributed by atoms with van der Waals surface area (Å²) in [4.78, 5) is 21.0. The Morgan fingerprint density at radius 1 is 0.930 bits per heavy atom. The molecule has 1 heterocycles. The molecule has 1 radical (unpaired) electrons. The summed E-state index contributed by atoms with van der Waals surface area (Å²) in [7, 11) is 3.14. The zero-order chi connectivity index (χ0) is 31.1. The fraction of sp³-hybridized carbons (Fsp3) is 0.353. The second-order valence-electron chi connectivity index (χ2n) is 10.8. The van der Waals surface area contributed by atoms with Gasteiger partial charge in [-0.25, -0.2) is 10.3 Å². The molecule has 3 aromatic carbocycles. The fourth-order valence-electron chi connectivity index (χ4n) is 5.14. The quantitative estimate of drug-likeness (QED) is 0.148. The maximum absolute atomic E-state index is 12.8. The monoisotopic (exact) mass is 640 g/mol. The van der Waals surface area contributed by atoms with Gasteiger partial charge in [0, 0.05) is 6.42 Å². The summed E-state index contributed by atoms with van der Waals surface area (Å²) >= 11 is 20.6. The van der Waals surface area contributed by atoms with Crippen molar-refractivity contribution in [2.75, 3.05) is 14.2 Å². The third kappa shape index (κ3) is 7.86. The highest BCUT2D eigenvalue weighted by atomic mass is 35.5. The minimum absolute atomic E-state index is 0.108. The second-order valence-corrected chi connectivity index (χ2v) is 12.0. The number of hydrogen-bond donors (Lipinski definition) is 1. The van der Waals surface area contributed by atoms with Gasteiger partial charge in [-0.15, -0.1) is 23.2 Å². The van der Waals surface area contributed by atoms with Crippen LogP contribution in [0.4, 0.5) is 0 Å². The van der Waals surface area contributed by atoms with E-state index in [1.807, 2.05) is 74.5 Å². The number of hydrogen-bond acceptors (Lipinski definition) is 4. The molecule has 4 rings (SSSR count). The van der Waals surface area contributed by atoms with E-state index in [4.69, 9.17) is 49.3 Å². The normalized spacial score (nSPS) is 13.3. The Morgan fingerprint density at radius 2 is 1.56 bits per heavy atom. The summed E-state index contributed by atoms with van der Waals surface area (Å²) in [6.45, 7) is 6.24. The first-order valence-electron chi connectivity index (χ1n) is 14.2. The number of aromatic nitrogens is 2. The molecule has 1 amide bonds. The molecule has 3 atom stereocenters. The number of H-pyrrole nitrogens is 1. The molecule has 9 heteroatoms. The number of methoxy groups -OCH3 is 2. The van der Waals surface area contributed by atoms with Gasteiger partial charge < -0.3 is 14.5 Å². The maximum atomic E-state index is 12.8. The van der Waals surface area contributed by atoms with E-state index in [1.165, 1.54) is 0 Å². The van der Waals surface area contributed by atoms with Crippen molar-refractivity contribution in [3.05, 3.63) is 111 Å². The van der Waals surface area contributed by atoms with Gasteiger partial charge in [0.2, 0.25) is 5.91 Å². The highest BCUT2D eigenvalue weighted by Crippen LogP contribution is 2.40. The van der Waals surface area contributed by atoms with Gasteiger partial charge in [0.25, 0.3) is 0 Å². The predicted molar refractivity (Wildman–Crippen MR) is 174 cm³/mol. The standard InChI is InChI=1S/C34H37Cl3N3O3/c1-20(18-23-15-16-26(42-4)34(43-5)29(23)35)14-17-28(41)38-19-27-39-32(30(36)24-12-8-6-10-21(24)2)33(40-27)31(37)25-13-9-7-11-22(25)3/h6-13,15-16,20,30-31H,14,17-19H2,1-5H3,(H,39,40). The van der Waals surface area contributed by atoms with E-state index in [0.29, 0.717) is 53.0 Å². The smallest absolute Gasteiger partial charge is 0.241 e. The minimum Gasteiger partial charge on any atom is -0.493 e. The molecule has 3 unspecified atom stereocenters. The summed E-state index contributed by atoms with van der Waals surface area (Å²) in [5.74, 6) is 1.66. The molecule has 0 saturated heterocycles. The van der Waals surface area contributed by atoms with Gasteiger partial charge in [-0.1, -0.05) is 73.1 Å². The molecule has 0 spiro atoms. The number of nitrogens with zero attached hydrogens (tertiary/aromatic N) is 2. The van der Waals surface area contributed by atoms with Crippen LogP contribution in [-0.2, 0) is 17.8 Å². The van der Waals surface area contributed by atoms with Gasteiger partial charge in [0.15, 0.2) is 11.5 Å². The van der Waals surface area contributed by atoms with Crippen LogP contribution in [0, 0.1) is 19.8 Å². The Balaban J connectivity index is 1.44. The fourth-order valence-corrected chi connectivity index (χ4v) is 6.27. The lowest BCUT2D eigenvalue weighted by Crippen LogP contribution is -2.17. The molecule has 43 heavy (non-hydrogen) atoms. The van der Waals surface area contributed by atoms with E-state index in [9.17, 15) is 4.79 Å². The van der Waals surface area contributed by atoms with E-state index in [-0.39, 0.29) is 18.4 Å². The largest absolute Gasteiger partial charge is 0.493 e. The summed E-state index contributed by atoms with van der Waals surface area (Å²) in [6.07, 6.45) is 1.67. The number of ether oxygens (including phenoxy) is 2. The minimum atomic E-state index is -0.522. The van der Waals surface area contributed by atoms with E-state index >= 15 is 0 Å². The van der Waals surface area contributed by atoms with Gasteiger partial charge in [-0.3, -0.25) is 4.79 Å². The first kappa shape index (κ1) is 32.7. The van der Waals surface area contributed by atoms with Crippen LogP contribution in [0.25, 0.3) is 0 Å². The maximum Gasteiger partial charge on any atom is 0.241 e. The average Bonchev–Trinajstić information content (AvgIpc) is 3.44. The molecule has 1 N–H and O–H groups in total. The zero-order valence-electron chi connectivity index (χ0n) is 25.1. The molecule has 0 aliphatic rings. The van der Waals surface area contributed by atoms with Crippen LogP contribution in [0.2, 0.25) is 5.02 Å². The van der Waals surface area contributed by atoms with Crippen molar-refractivity contribution in [2.45, 2.75) is 57.3 Å². The highest BCUT2D eigenvalue weighted by Gasteiger charge is 2.27. The van der Waals surface area contributed by atoms with Crippen LogP contribution in [0.1, 0.15) is 75.5 Å². The number of carbonyl (C=O) groups is 1. The summed E-state index contributed by atoms with van der Waals surface area (Å²) in [5.41, 5.74) is 6.33. The molecule has 1 aromatic heterocycles. The van der Waals surface area contributed by atoms with Crippen LogP contribution >= 0.6 is 34.8 Å². The summed E-state index contributed by atoms with van der Waals surface area (Å²) in [5, 5.41) is 3.82. The molecule has 4 aromatic rings. The lowest BCUT2D eigenvalue weighted by atomic mass is 9.96. The number of halogens is 3. The van der Waals surface area contributed by atoms with Crippen molar-refractivity contribution in [1.29, 1.82) is 0 Å². The number of rotatable bonds is 13. The Labute approximate surface area is 269 Å². The number of aromatic amines is 1. The molecule has 0 fully saturated rings. The number of aryl methyl sites for hydroxylation is 2. The van der Waals surface area contributed by atoms with Crippen molar-refractivity contribution in [3.8, 4) is 11.5 Å². The van der Waals surface area contributed by atoms with E-state index in [0.717, 1.165) is 27.8 Å². The van der Waals surface area contributed by atoms with Crippen LogP contribution in [0.5, 0.6) is 11.5 Å². The molecular formula is C34H37Cl3N3O3. The lowest BCUT2D eigenvalue weighted by Gasteiger charge is -2.16. The van der Waals surface area contributed by atoms with Gasteiger partial charge in [-0.05, 0) is 66.5 Å². The number of benzene rings is 3. The van der Waals surface area contributed by atoms with Crippen molar-refractivity contribution >= 4 is 40.7 Å². The molecule has 0 bridgehead atoms. The summed E-state index contributed by atoms with van der Waals surface area (Å²) in [6, 6.07) is 19.7. The Kier molecular flexibility index (Phi) is 11.4. The number of alkyl halides is 2. The van der Waals surface area contributed by atoms with Crippen LogP contribution in [-0.4, -0.2) is 30.1 Å². The van der Waals surface area contributed by atoms with Crippen molar-refractivity contribution < 1.29 is 14.3 Å². The SMILES string of the molecule is COc1ccc(CC(C)CCC(=O)[N]Cc2nc(C(Cl)c3ccccc3C)c(C(Cl)c3ccccc3C)[nH]2)c(Cl)c1OC. The summed E-state index contributed by atoms with van der Waals surface area (Å²) < 4.78 is 10.7. The van der Waals surface area contributed by atoms with Crippen molar-refractivity contribution in [1.82, 2.24) is 15.3 Å². The van der Waals surface area contributed by atoms with Gasteiger partial charge in [0.05, 0.1) is 30.6 Å². The van der Waals surface area contributed by atoms with Crippen molar-refractivity contribution in [2.24, 2.45) is 5.92 Å². The van der Waals surface area contributed by atoms with Crippen LogP contribution < -0.4 is 14.8 Å². The second kappa shape index (κ2) is 15.0. The number of amides is 1. The van der Waals surface area contributed by atoms with Gasteiger partial charge in [-0.2, -0.15) is 0 Å². The average molecular weight is 642 g/mol. The Morgan fingerprint density at radius 3 is 2.16 bits per heavy atom. The molecule has 0 aliphatic carbocycles. The molecule has 227 valence electrons. The first-order chi connectivity index (χ1) is 20.6. The Bertz CT molecular complexity index is 1490. The molecule has 6 nitrogen and oxygen atoms in total. The number of nitrogens with one attached hydrogen (secondary N) is 1. The lowest BCUT2D eigenvalue weighted by molar-refractivity contribution is -0.121. The van der Waals surface area contributed by atoms with Gasteiger partial charge in [0.1, 0.15) is 23.1 Å². The third-order valence-corrected chi connectivity index (χ3v) is 8.93. The zero-order valence-corrected chi connectivity index (χ0v) is 27.4. The molecule has 0 aliphatic heterocycles. The first-order valence-corrected chi connectivity index (χ1v) is 15.5. The van der Waals surface area contributed by atoms with Gasteiger partial charge >= 0.3 is 0 Å². The van der Waals surface area contributed by atoms with E-state index in [1.54, 1.807) is 14.2 Å². The molecular weight excluding hydrogens is 605 g/mol.